The maximum Gasteiger partial charge on any atom is 0.287 e. The molecule has 6 nitrogen and oxygen atoms in total. The fraction of sp³-hybridized carbons (Fsp3) is 0.375. The van der Waals surface area contributed by atoms with Crippen LogP contribution in [-0.2, 0) is 16.4 Å². The van der Waals surface area contributed by atoms with Crippen molar-refractivity contribution < 1.29 is 8.42 Å². The van der Waals surface area contributed by atoms with E-state index in [1.54, 1.807) is 6.92 Å². The SMILES string of the molecule is CC1CN(c2cnn(Cc3ccccc3)c(=O)c2Cl)CCS1(=O)=O. The summed E-state index contributed by atoms with van der Waals surface area (Å²) in [5.74, 6) is 0.0532. The Morgan fingerprint density at radius 3 is 2.67 bits per heavy atom. The molecule has 1 atom stereocenters. The smallest absolute Gasteiger partial charge is 0.287 e. The van der Waals surface area contributed by atoms with Gasteiger partial charge >= 0.3 is 0 Å². The zero-order valence-electron chi connectivity index (χ0n) is 13.2. The predicted molar refractivity (Wildman–Crippen MR) is 94.5 cm³/mol. The van der Waals surface area contributed by atoms with Crippen molar-refractivity contribution in [2.24, 2.45) is 0 Å². The molecule has 1 fully saturated rings. The van der Waals surface area contributed by atoms with Crippen LogP contribution in [0.2, 0.25) is 5.02 Å². The number of hydrogen-bond acceptors (Lipinski definition) is 5. The van der Waals surface area contributed by atoms with Gasteiger partial charge in [0.1, 0.15) is 5.02 Å². The second-order valence-corrected chi connectivity index (χ2v) is 8.83. The number of sulfone groups is 1. The summed E-state index contributed by atoms with van der Waals surface area (Å²) < 4.78 is 25.0. The molecule has 0 bridgehead atoms. The highest BCUT2D eigenvalue weighted by atomic mass is 35.5. The van der Waals surface area contributed by atoms with Gasteiger partial charge in [-0.15, -0.1) is 0 Å². The zero-order valence-corrected chi connectivity index (χ0v) is 14.8. The van der Waals surface area contributed by atoms with Crippen molar-refractivity contribution >= 4 is 27.1 Å². The summed E-state index contributed by atoms with van der Waals surface area (Å²) in [6.45, 7) is 2.63. The van der Waals surface area contributed by atoms with Crippen LogP contribution in [0, 0.1) is 0 Å². The number of anilines is 1. The molecule has 0 spiro atoms. The highest BCUT2D eigenvalue weighted by molar-refractivity contribution is 7.92. The standard InChI is InChI=1S/C16H18ClN3O3S/c1-12-10-19(7-8-24(12,22)23)14-9-18-20(16(21)15(14)17)11-13-5-3-2-4-6-13/h2-6,9,12H,7-8,10-11H2,1H3. The first-order valence-corrected chi connectivity index (χ1v) is 9.74. The number of hydrogen-bond donors (Lipinski definition) is 0. The van der Waals surface area contributed by atoms with Crippen LogP contribution in [0.1, 0.15) is 12.5 Å². The molecular formula is C16H18ClN3O3S. The molecular weight excluding hydrogens is 350 g/mol. The maximum atomic E-state index is 12.5. The average Bonchev–Trinajstić information content (AvgIpc) is 2.56. The number of benzene rings is 1. The van der Waals surface area contributed by atoms with E-state index in [2.05, 4.69) is 5.10 Å². The highest BCUT2D eigenvalue weighted by Gasteiger charge is 2.31. The largest absolute Gasteiger partial charge is 0.367 e. The molecule has 24 heavy (non-hydrogen) atoms. The molecule has 2 heterocycles. The van der Waals surface area contributed by atoms with Crippen LogP contribution in [0.25, 0.3) is 0 Å². The Balaban J connectivity index is 1.87. The van der Waals surface area contributed by atoms with E-state index in [1.165, 1.54) is 10.9 Å². The predicted octanol–water partition coefficient (Wildman–Crippen LogP) is 1.57. The highest BCUT2D eigenvalue weighted by Crippen LogP contribution is 2.25. The summed E-state index contributed by atoms with van der Waals surface area (Å²) in [7, 11) is -3.06. The molecule has 128 valence electrons. The molecule has 0 amide bonds. The number of rotatable bonds is 3. The van der Waals surface area contributed by atoms with Gasteiger partial charge in [0.05, 0.1) is 29.4 Å². The fourth-order valence-electron chi connectivity index (χ4n) is 2.72. The quantitative estimate of drug-likeness (QED) is 0.823. The zero-order chi connectivity index (χ0) is 17.3. The topological polar surface area (TPSA) is 72.3 Å². The molecule has 0 saturated carbocycles. The molecule has 3 rings (SSSR count). The lowest BCUT2D eigenvalue weighted by Gasteiger charge is -2.32. The van der Waals surface area contributed by atoms with Gasteiger partial charge in [0.15, 0.2) is 9.84 Å². The molecule has 1 aromatic heterocycles. The molecule has 1 unspecified atom stereocenters. The van der Waals surface area contributed by atoms with Gasteiger partial charge in [-0.05, 0) is 12.5 Å². The van der Waals surface area contributed by atoms with E-state index >= 15 is 0 Å². The van der Waals surface area contributed by atoms with Crippen molar-refractivity contribution in [1.29, 1.82) is 0 Å². The fourth-order valence-corrected chi connectivity index (χ4v) is 4.27. The lowest BCUT2D eigenvalue weighted by Crippen LogP contribution is -2.46. The molecule has 1 aromatic carbocycles. The van der Waals surface area contributed by atoms with Crippen molar-refractivity contribution in [3.8, 4) is 0 Å². The summed E-state index contributed by atoms with van der Waals surface area (Å²) in [6, 6.07) is 9.51. The number of nitrogens with zero attached hydrogens (tertiary/aromatic N) is 3. The van der Waals surface area contributed by atoms with Crippen molar-refractivity contribution in [1.82, 2.24) is 9.78 Å². The van der Waals surface area contributed by atoms with Gasteiger partial charge in [-0.3, -0.25) is 4.79 Å². The first-order chi connectivity index (χ1) is 11.4. The Hall–Kier alpha value is -1.86. The van der Waals surface area contributed by atoms with Crippen LogP contribution < -0.4 is 10.5 Å². The molecule has 0 aliphatic carbocycles. The van der Waals surface area contributed by atoms with Gasteiger partial charge in [0.2, 0.25) is 0 Å². The minimum Gasteiger partial charge on any atom is -0.367 e. The van der Waals surface area contributed by atoms with E-state index in [0.717, 1.165) is 5.56 Å². The second kappa shape index (κ2) is 6.57. The van der Waals surface area contributed by atoms with Gasteiger partial charge in [-0.1, -0.05) is 41.9 Å². The van der Waals surface area contributed by atoms with Crippen LogP contribution in [-0.4, -0.2) is 42.3 Å². The molecule has 1 saturated heterocycles. The van der Waals surface area contributed by atoms with Crippen LogP contribution in [0.4, 0.5) is 5.69 Å². The molecule has 2 aromatic rings. The van der Waals surface area contributed by atoms with Gasteiger partial charge < -0.3 is 4.90 Å². The van der Waals surface area contributed by atoms with Crippen molar-refractivity contribution in [2.45, 2.75) is 18.7 Å². The first kappa shape index (κ1) is 17.0. The van der Waals surface area contributed by atoms with Crippen LogP contribution in [0.3, 0.4) is 0 Å². The third kappa shape index (κ3) is 3.32. The van der Waals surface area contributed by atoms with E-state index in [-0.39, 0.29) is 16.3 Å². The third-order valence-electron chi connectivity index (χ3n) is 4.22. The van der Waals surface area contributed by atoms with Gasteiger partial charge in [-0.2, -0.15) is 5.10 Å². The van der Waals surface area contributed by atoms with Gasteiger partial charge in [0, 0.05) is 13.1 Å². The van der Waals surface area contributed by atoms with Crippen LogP contribution in [0.5, 0.6) is 0 Å². The van der Waals surface area contributed by atoms with E-state index < -0.39 is 15.1 Å². The van der Waals surface area contributed by atoms with Crippen molar-refractivity contribution in [3.05, 3.63) is 57.5 Å². The number of halogens is 1. The van der Waals surface area contributed by atoms with Gasteiger partial charge in [-0.25, -0.2) is 13.1 Å². The maximum absolute atomic E-state index is 12.5. The number of aromatic nitrogens is 2. The summed E-state index contributed by atoms with van der Waals surface area (Å²) in [5, 5.41) is 3.78. The van der Waals surface area contributed by atoms with Crippen molar-refractivity contribution in [3.63, 3.8) is 0 Å². The van der Waals surface area contributed by atoms with E-state index in [1.807, 2.05) is 35.2 Å². The molecule has 0 radical (unpaired) electrons. The van der Waals surface area contributed by atoms with Gasteiger partial charge in [0.25, 0.3) is 5.56 Å². The Labute approximate surface area is 145 Å². The Kier molecular flexibility index (Phi) is 4.64. The average molecular weight is 368 g/mol. The second-order valence-electron chi connectivity index (χ2n) is 5.92. The summed E-state index contributed by atoms with van der Waals surface area (Å²) in [6.07, 6.45) is 1.54. The monoisotopic (exact) mass is 367 g/mol. The lowest BCUT2D eigenvalue weighted by atomic mass is 10.2. The molecule has 0 N–H and O–H groups in total. The minimum absolute atomic E-state index is 0.0532. The van der Waals surface area contributed by atoms with E-state index in [0.29, 0.717) is 25.3 Å². The summed E-state index contributed by atoms with van der Waals surface area (Å²) in [5.41, 5.74) is 1.07. The lowest BCUT2D eigenvalue weighted by molar-refractivity contribution is 0.568. The summed E-state index contributed by atoms with van der Waals surface area (Å²) >= 11 is 6.25. The van der Waals surface area contributed by atoms with Crippen molar-refractivity contribution in [2.75, 3.05) is 23.7 Å². The van der Waals surface area contributed by atoms with E-state index in [9.17, 15) is 13.2 Å². The first-order valence-electron chi connectivity index (χ1n) is 7.64. The molecule has 1 aliphatic rings. The summed E-state index contributed by atoms with van der Waals surface area (Å²) in [4.78, 5) is 14.3. The normalized spacial score (nSPS) is 20.1. The Bertz CT molecular complexity index is 897. The van der Waals surface area contributed by atoms with Crippen LogP contribution >= 0.6 is 11.6 Å². The minimum atomic E-state index is -3.06. The van der Waals surface area contributed by atoms with Crippen LogP contribution in [0.15, 0.2) is 41.3 Å². The molecule has 8 heteroatoms. The third-order valence-corrected chi connectivity index (χ3v) is 6.70. The van der Waals surface area contributed by atoms with E-state index in [4.69, 9.17) is 11.6 Å². The Morgan fingerprint density at radius 2 is 2.00 bits per heavy atom. The Morgan fingerprint density at radius 1 is 1.29 bits per heavy atom. The molecule has 1 aliphatic heterocycles.